The van der Waals surface area contributed by atoms with Crippen molar-refractivity contribution in [1.82, 2.24) is 13.9 Å². The minimum Gasteiger partial charge on any atom is -0.446 e. The van der Waals surface area contributed by atoms with Gasteiger partial charge in [-0.25, -0.2) is 13.6 Å². The van der Waals surface area contributed by atoms with Gasteiger partial charge in [-0.3, -0.25) is 0 Å². The number of amides is 1. The molecule has 8 nitrogen and oxygen atoms in total. The lowest BCUT2D eigenvalue weighted by atomic mass is 9.82. The van der Waals surface area contributed by atoms with Crippen molar-refractivity contribution in [3.05, 3.63) is 35.6 Å². The average molecular weight is 544 g/mol. The van der Waals surface area contributed by atoms with Crippen molar-refractivity contribution in [2.24, 2.45) is 5.92 Å². The number of ether oxygens (including phenoxy) is 2. The van der Waals surface area contributed by atoms with Gasteiger partial charge < -0.3 is 14.4 Å². The van der Waals surface area contributed by atoms with Crippen LogP contribution in [0.15, 0.2) is 24.3 Å². The van der Waals surface area contributed by atoms with Crippen LogP contribution in [-0.4, -0.2) is 81.9 Å². The van der Waals surface area contributed by atoms with Crippen LogP contribution in [0.3, 0.4) is 0 Å². The molecule has 0 spiro atoms. The maximum Gasteiger partial charge on any atom is 0.409 e. The number of rotatable bonds is 9. The Hall–Kier alpha value is -1.82. The second-order valence-electron chi connectivity index (χ2n) is 10.9. The number of nitrogens with one attached hydrogen (secondary N) is 1. The lowest BCUT2D eigenvalue weighted by Crippen LogP contribution is -2.55. The lowest BCUT2D eigenvalue weighted by Gasteiger charge is -2.40. The smallest absolute Gasteiger partial charge is 0.409 e. The molecule has 4 rings (SSSR count). The van der Waals surface area contributed by atoms with E-state index in [-0.39, 0.29) is 37.6 Å². The normalized spacial score (nSPS) is 28.1. The molecular weight excluding hydrogens is 504 g/mol. The molecule has 1 saturated heterocycles. The van der Waals surface area contributed by atoms with Crippen molar-refractivity contribution >= 4 is 16.3 Å². The summed E-state index contributed by atoms with van der Waals surface area (Å²) in [7, 11) is -0.740. The van der Waals surface area contributed by atoms with Crippen molar-refractivity contribution in [1.29, 1.82) is 0 Å². The molecule has 1 heterocycles. The molecule has 0 radical (unpaired) electrons. The van der Waals surface area contributed by atoms with Gasteiger partial charge >= 0.3 is 6.09 Å². The third-order valence-corrected chi connectivity index (χ3v) is 9.58. The van der Waals surface area contributed by atoms with Crippen LogP contribution in [0.2, 0.25) is 0 Å². The summed E-state index contributed by atoms with van der Waals surface area (Å²) in [6, 6.07) is 6.34. The Kier molecular flexibility index (Phi) is 9.09. The molecule has 2 saturated carbocycles. The first-order valence-electron chi connectivity index (χ1n) is 13.2. The molecule has 1 aromatic carbocycles. The topological polar surface area (TPSA) is 88.2 Å². The van der Waals surface area contributed by atoms with Gasteiger partial charge in [-0.2, -0.15) is 17.4 Å². The van der Waals surface area contributed by atoms with Gasteiger partial charge in [-0.1, -0.05) is 12.1 Å². The highest BCUT2D eigenvalue weighted by Gasteiger charge is 2.40. The fourth-order valence-electron chi connectivity index (χ4n) is 5.39. The highest BCUT2D eigenvalue weighted by molar-refractivity contribution is 7.87. The van der Waals surface area contributed by atoms with E-state index in [1.165, 1.54) is 25.1 Å². The largest absolute Gasteiger partial charge is 0.446 e. The molecule has 1 aromatic rings. The van der Waals surface area contributed by atoms with Crippen molar-refractivity contribution in [3.63, 3.8) is 0 Å². The number of carbonyl (C=O) groups excluding carboxylic acids is 1. The number of hydrogen-bond donors (Lipinski definition) is 1. The standard InChI is InChI=1S/C26H39F2N3O5S/c1-30(2)37(33,34)29-24-11-14-31(25(32)36-18-26(28)12-4-13-26)16-21(24)17-35-23-9-7-19(8-10-23)20-5-3-6-22(27)15-20/h3,5-6,15,19,21,23-24,29H,4,7-14,16-18H2,1-2H3/t19?,21-,23?,24-/m0/s1. The molecule has 2 atom stereocenters. The second-order valence-corrected chi connectivity index (χ2v) is 12.8. The van der Waals surface area contributed by atoms with Gasteiger partial charge in [0.15, 0.2) is 0 Å². The molecule has 3 fully saturated rings. The van der Waals surface area contributed by atoms with E-state index in [1.807, 2.05) is 6.07 Å². The molecule has 0 aromatic heterocycles. The van der Waals surface area contributed by atoms with Crippen molar-refractivity contribution in [2.75, 3.05) is 40.4 Å². The SMILES string of the molecule is CN(C)S(=O)(=O)N[C@H]1CCN(C(=O)OCC2(F)CCC2)C[C@H]1COC1CCC(c2cccc(F)c2)CC1. The summed E-state index contributed by atoms with van der Waals surface area (Å²) < 4.78 is 68.3. The van der Waals surface area contributed by atoms with E-state index in [1.54, 1.807) is 12.1 Å². The van der Waals surface area contributed by atoms with Crippen LogP contribution in [0.5, 0.6) is 0 Å². The zero-order valence-corrected chi connectivity index (χ0v) is 22.5. The Morgan fingerprint density at radius 1 is 1.19 bits per heavy atom. The highest BCUT2D eigenvalue weighted by atomic mass is 32.2. The summed E-state index contributed by atoms with van der Waals surface area (Å²) in [6.07, 6.45) is 4.90. The van der Waals surface area contributed by atoms with E-state index in [0.717, 1.165) is 42.0 Å². The molecular formula is C26H39F2N3O5S. The number of benzene rings is 1. The summed E-state index contributed by atoms with van der Waals surface area (Å²) >= 11 is 0. The molecule has 1 amide bonds. The van der Waals surface area contributed by atoms with Crippen LogP contribution in [0.4, 0.5) is 13.6 Å². The first-order valence-corrected chi connectivity index (χ1v) is 14.7. The summed E-state index contributed by atoms with van der Waals surface area (Å²) in [6.45, 7) is 0.618. The third kappa shape index (κ3) is 7.40. The van der Waals surface area contributed by atoms with Crippen LogP contribution in [0, 0.1) is 11.7 Å². The lowest BCUT2D eigenvalue weighted by molar-refractivity contribution is -0.0323. The monoisotopic (exact) mass is 543 g/mol. The van der Waals surface area contributed by atoms with Crippen LogP contribution in [0.1, 0.15) is 62.8 Å². The number of piperidine rings is 1. The third-order valence-electron chi connectivity index (χ3n) is 8.02. The molecule has 2 aliphatic carbocycles. The number of alkyl halides is 1. The molecule has 0 unspecified atom stereocenters. The number of halogens is 2. The molecule has 0 bridgehead atoms. The molecule has 208 valence electrons. The van der Waals surface area contributed by atoms with Gasteiger partial charge in [0.1, 0.15) is 18.1 Å². The average Bonchev–Trinajstić information content (AvgIpc) is 2.85. The number of nitrogens with zero attached hydrogens (tertiary/aromatic N) is 2. The summed E-state index contributed by atoms with van der Waals surface area (Å²) in [4.78, 5) is 14.2. The number of hydrogen-bond acceptors (Lipinski definition) is 5. The minimum absolute atomic E-state index is 0.0169. The predicted molar refractivity (Wildman–Crippen MR) is 136 cm³/mol. The van der Waals surface area contributed by atoms with Gasteiger partial charge in [-0.15, -0.1) is 0 Å². The van der Waals surface area contributed by atoms with Crippen molar-refractivity contribution in [2.45, 2.75) is 75.1 Å². The molecule has 11 heteroatoms. The van der Waals surface area contributed by atoms with Crippen LogP contribution < -0.4 is 4.72 Å². The first kappa shape index (κ1) is 28.2. The summed E-state index contributed by atoms with van der Waals surface area (Å²) in [5.74, 6) is -0.207. The van der Waals surface area contributed by atoms with E-state index in [0.29, 0.717) is 31.7 Å². The van der Waals surface area contributed by atoms with E-state index in [4.69, 9.17) is 9.47 Å². The Balaban J connectivity index is 1.33. The highest BCUT2D eigenvalue weighted by Crippen LogP contribution is 2.36. The van der Waals surface area contributed by atoms with Crippen molar-refractivity contribution < 1.29 is 31.5 Å². The van der Waals surface area contributed by atoms with Gasteiger partial charge in [-0.05, 0) is 75.0 Å². The van der Waals surface area contributed by atoms with Gasteiger partial charge in [0, 0.05) is 39.1 Å². The van der Waals surface area contributed by atoms with Crippen LogP contribution >= 0.6 is 0 Å². The van der Waals surface area contributed by atoms with E-state index in [9.17, 15) is 22.0 Å². The Labute approximate surface area is 218 Å². The first-order chi connectivity index (χ1) is 17.5. The molecule has 37 heavy (non-hydrogen) atoms. The maximum absolute atomic E-state index is 14.3. The van der Waals surface area contributed by atoms with Gasteiger partial charge in [0.25, 0.3) is 10.2 Å². The predicted octanol–water partition coefficient (Wildman–Crippen LogP) is 3.98. The Bertz CT molecular complexity index is 1030. The molecule has 3 aliphatic rings. The Morgan fingerprint density at radius 3 is 2.54 bits per heavy atom. The minimum atomic E-state index is -3.67. The molecule has 1 N–H and O–H groups in total. The van der Waals surface area contributed by atoms with E-state index in [2.05, 4.69) is 4.72 Å². The van der Waals surface area contributed by atoms with Crippen LogP contribution in [-0.2, 0) is 19.7 Å². The van der Waals surface area contributed by atoms with Gasteiger partial charge in [0.05, 0.1) is 12.7 Å². The van der Waals surface area contributed by atoms with Crippen molar-refractivity contribution in [3.8, 4) is 0 Å². The number of carbonyl (C=O) groups is 1. The van der Waals surface area contributed by atoms with E-state index < -0.39 is 28.0 Å². The van der Waals surface area contributed by atoms with Crippen LogP contribution in [0.25, 0.3) is 0 Å². The Morgan fingerprint density at radius 2 is 1.92 bits per heavy atom. The quantitative estimate of drug-likeness (QED) is 0.509. The summed E-state index contributed by atoms with van der Waals surface area (Å²) in [5.41, 5.74) is -0.405. The fraction of sp³-hybridized carbons (Fsp3) is 0.731. The second kappa shape index (κ2) is 11.9. The fourth-order valence-corrected chi connectivity index (χ4v) is 6.29. The zero-order chi connectivity index (χ0) is 26.6. The zero-order valence-electron chi connectivity index (χ0n) is 21.7. The maximum atomic E-state index is 14.3. The summed E-state index contributed by atoms with van der Waals surface area (Å²) in [5, 5.41) is 0. The van der Waals surface area contributed by atoms with E-state index >= 15 is 0 Å². The molecule has 1 aliphatic heterocycles. The number of likely N-dealkylation sites (tertiary alicyclic amines) is 1. The van der Waals surface area contributed by atoms with Gasteiger partial charge in [0.2, 0.25) is 0 Å².